The lowest BCUT2D eigenvalue weighted by Crippen LogP contribution is -2.40. The second kappa shape index (κ2) is 12.2. The summed E-state index contributed by atoms with van der Waals surface area (Å²) in [6.07, 6.45) is 5.75. The summed E-state index contributed by atoms with van der Waals surface area (Å²) in [6.45, 7) is 9.40. The fourth-order valence-corrected chi connectivity index (χ4v) is 9.15. The first-order valence-corrected chi connectivity index (χ1v) is 17.3. The Bertz CT molecular complexity index is 2120. The van der Waals surface area contributed by atoms with Crippen LogP contribution in [0.15, 0.2) is 49.8 Å². The minimum absolute atomic E-state index is 0.262. The molecule has 1 atom stereocenters. The van der Waals surface area contributed by atoms with Crippen LogP contribution in [-0.4, -0.2) is 28.3 Å². The smallest absolute Gasteiger partial charge is 0.338 e. The highest BCUT2D eigenvalue weighted by Gasteiger charge is 2.36. The number of fused-ring (bicyclic) bond motifs is 2. The molecule has 8 nitrogen and oxygen atoms in total. The molecule has 0 fully saturated rings. The van der Waals surface area contributed by atoms with Crippen molar-refractivity contribution in [1.29, 1.82) is 5.26 Å². The molecule has 45 heavy (non-hydrogen) atoms. The molecule has 11 heteroatoms. The highest BCUT2D eigenvalue weighted by atomic mass is 79.9. The zero-order valence-corrected chi connectivity index (χ0v) is 29.2. The van der Waals surface area contributed by atoms with E-state index < -0.39 is 12.0 Å². The van der Waals surface area contributed by atoms with Crippen LogP contribution in [-0.2, 0) is 22.4 Å². The number of thiazole rings is 1. The predicted molar refractivity (Wildman–Crippen MR) is 180 cm³/mol. The van der Waals surface area contributed by atoms with Crippen LogP contribution < -0.4 is 19.6 Å². The van der Waals surface area contributed by atoms with Gasteiger partial charge in [0.05, 0.1) is 34.6 Å². The van der Waals surface area contributed by atoms with E-state index in [2.05, 4.69) is 32.6 Å². The van der Waals surface area contributed by atoms with Gasteiger partial charge >= 0.3 is 5.97 Å². The number of rotatable bonds is 6. The maximum Gasteiger partial charge on any atom is 0.338 e. The number of hydrogen-bond acceptors (Lipinski definition) is 8. The number of hydrogen-bond donors (Lipinski definition) is 0. The number of thiophene rings is 1. The number of halogens is 1. The second-order valence-corrected chi connectivity index (χ2v) is 14.6. The minimum Gasteiger partial charge on any atom is -0.496 e. The van der Waals surface area contributed by atoms with Crippen LogP contribution in [0.25, 0.3) is 11.1 Å². The van der Waals surface area contributed by atoms with E-state index in [4.69, 9.17) is 14.5 Å². The van der Waals surface area contributed by atoms with E-state index in [1.807, 2.05) is 38.1 Å². The van der Waals surface area contributed by atoms with Crippen LogP contribution in [0.5, 0.6) is 5.75 Å². The van der Waals surface area contributed by atoms with Gasteiger partial charge in [0, 0.05) is 26.3 Å². The monoisotopic (exact) mass is 704 g/mol. The maximum atomic E-state index is 14.3. The standard InChI is InChI=1S/C34H33BrN4O4S2/c1-17(2)43-33(41)29-19(4)37-34-39(30(29)24-15-22(35)11-12-26(24)42-6)31(40)28(45-34)14-21-13-18(3)38(20(21)5)32-25(16-36)23-9-7-8-10-27(23)44-32/h11-15,17,30H,7-10H2,1-6H3/b28-14-/t30-/m1/s1. The largest absolute Gasteiger partial charge is 0.496 e. The molecule has 0 N–H and O–H groups in total. The van der Waals surface area contributed by atoms with Crippen LogP contribution in [0, 0.1) is 25.2 Å². The van der Waals surface area contributed by atoms with Gasteiger partial charge in [0.15, 0.2) is 4.80 Å². The number of benzene rings is 1. The highest BCUT2D eigenvalue weighted by Crippen LogP contribution is 2.39. The van der Waals surface area contributed by atoms with Crippen LogP contribution in [0.1, 0.15) is 78.2 Å². The van der Waals surface area contributed by atoms with Crippen molar-refractivity contribution in [2.75, 3.05) is 7.11 Å². The molecule has 0 spiro atoms. The number of carbonyl (C=O) groups excluding carboxylic acids is 1. The molecule has 1 aliphatic heterocycles. The van der Waals surface area contributed by atoms with Gasteiger partial charge in [-0.2, -0.15) is 5.26 Å². The molecule has 6 rings (SSSR count). The van der Waals surface area contributed by atoms with Gasteiger partial charge in [-0.25, -0.2) is 9.79 Å². The van der Waals surface area contributed by atoms with Crippen LogP contribution in [0.3, 0.4) is 0 Å². The van der Waals surface area contributed by atoms with Crippen molar-refractivity contribution in [3.63, 3.8) is 0 Å². The number of allylic oxidation sites excluding steroid dienone is 1. The van der Waals surface area contributed by atoms with Gasteiger partial charge in [-0.3, -0.25) is 9.36 Å². The van der Waals surface area contributed by atoms with E-state index in [-0.39, 0.29) is 11.7 Å². The van der Waals surface area contributed by atoms with E-state index in [1.165, 1.54) is 21.8 Å². The fraction of sp³-hybridized carbons (Fsp3) is 0.353. The molecule has 232 valence electrons. The molecule has 0 unspecified atom stereocenters. The molecular weight excluding hydrogens is 672 g/mol. The molecular formula is C34H33BrN4O4S2. The molecule has 1 aliphatic carbocycles. The molecule has 3 aromatic heterocycles. The number of aromatic nitrogens is 2. The molecule has 0 saturated heterocycles. The average Bonchev–Trinajstić information content (AvgIpc) is 3.61. The molecule has 0 amide bonds. The normalized spacial score (nSPS) is 16.3. The SMILES string of the molecule is COc1ccc(Br)cc1[C@@H]1C(C(=O)OC(C)C)=C(C)N=c2s/c(=C\c3cc(C)n(-c4sc5c(c4C#N)CCCC5)c3C)c(=O)n21. The predicted octanol–water partition coefficient (Wildman–Crippen LogP) is 6.18. The third kappa shape index (κ3) is 5.43. The Hall–Kier alpha value is -3.72. The summed E-state index contributed by atoms with van der Waals surface area (Å²) >= 11 is 6.54. The molecule has 0 bridgehead atoms. The zero-order valence-electron chi connectivity index (χ0n) is 26.0. The zero-order chi connectivity index (χ0) is 32.2. The fourth-order valence-electron chi connectivity index (χ4n) is 6.29. The summed E-state index contributed by atoms with van der Waals surface area (Å²) in [7, 11) is 1.57. The Morgan fingerprint density at radius 2 is 1.93 bits per heavy atom. The number of ether oxygens (including phenoxy) is 2. The Morgan fingerprint density at radius 3 is 2.64 bits per heavy atom. The first-order chi connectivity index (χ1) is 21.5. The van der Waals surface area contributed by atoms with Gasteiger partial charge in [-0.1, -0.05) is 27.3 Å². The van der Waals surface area contributed by atoms with Gasteiger partial charge in [0.25, 0.3) is 5.56 Å². The summed E-state index contributed by atoms with van der Waals surface area (Å²) in [5.41, 5.74) is 5.96. The van der Waals surface area contributed by atoms with Crippen molar-refractivity contribution in [2.24, 2.45) is 4.99 Å². The number of nitriles is 1. The second-order valence-electron chi connectivity index (χ2n) is 11.6. The molecule has 0 radical (unpaired) electrons. The number of esters is 1. The van der Waals surface area contributed by atoms with E-state index >= 15 is 0 Å². The van der Waals surface area contributed by atoms with Crippen molar-refractivity contribution in [3.05, 3.63) is 98.2 Å². The summed E-state index contributed by atoms with van der Waals surface area (Å²) < 4.78 is 16.3. The van der Waals surface area contributed by atoms with Crippen LogP contribution >= 0.6 is 38.6 Å². The van der Waals surface area contributed by atoms with Gasteiger partial charge < -0.3 is 14.0 Å². The van der Waals surface area contributed by atoms with Crippen LogP contribution in [0.2, 0.25) is 0 Å². The minimum atomic E-state index is -0.801. The quantitative estimate of drug-likeness (QED) is 0.224. The summed E-state index contributed by atoms with van der Waals surface area (Å²) in [6, 6.07) is 9.26. The number of aryl methyl sites for hydroxylation is 2. The Kier molecular flexibility index (Phi) is 8.50. The first-order valence-electron chi connectivity index (χ1n) is 14.8. The number of nitrogens with zero attached hydrogens (tertiary/aromatic N) is 4. The first kappa shape index (κ1) is 31.3. The molecule has 4 heterocycles. The molecule has 0 saturated carbocycles. The van der Waals surface area contributed by atoms with Gasteiger partial charge in [-0.15, -0.1) is 11.3 Å². The number of methoxy groups -OCH3 is 1. The Labute approximate surface area is 277 Å². The Balaban J connectivity index is 1.54. The Morgan fingerprint density at radius 1 is 1.18 bits per heavy atom. The summed E-state index contributed by atoms with van der Waals surface area (Å²) in [4.78, 5) is 34.3. The molecule has 2 aliphatic rings. The van der Waals surface area contributed by atoms with Gasteiger partial charge in [0.2, 0.25) is 0 Å². The summed E-state index contributed by atoms with van der Waals surface area (Å²) in [5.74, 6) is 0.0147. The van der Waals surface area contributed by atoms with Gasteiger partial charge in [0.1, 0.15) is 22.9 Å². The van der Waals surface area contributed by atoms with Gasteiger partial charge in [-0.05, 0) is 102 Å². The van der Waals surface area contributed by atoms with Crippen molar-refractivity contribution in [2.45, 2.75) is 72.4 Å². The third-order valence-corrected chi connectivity index (χ3v) is 11.0. The van der Waals surface area contributed by atoms with E-state index in [1.54, 1.807) is 43.8 Å². The lowest BCUT2D eigenvalue weighted by atomic mass is 9.95. The van der Waals surface area contributed by atoms with Crippen molar-refractivity contribution in [3.8, 4) is 16.8 Å². The third-order valence-electron chi connectivity index (χ3n) is 8.30. The van der Waals surface area contributed by atoms with E-state index in [9.17, 15) is 14.9 Å². The maximum absolute atomic E-state index is 14.3. The van der Waals surface area contributed by atoms with E-state index in [0.717, 1.165) is 57.7 Å². The summed E-state index contributed by atoms with van der Waals surface area (Å²) in [5, 5.41) is 11.1. The van der Waals surface area contributed by atoms with Crippen molar-refractivity contribution >= 4 is 50.6 Å². The van der Waals surface area contributed by atoms with Crippen LogP contribution in [0.4, 0.5) is 0 Å². The lowest BCUT2D eigenvalue weighted by molar-refractivity contribution is -0.143. The highest BCUT2D eigenvalue weighted by molar-refractivity contribution is 9.10. The molecule has 1 aromatic carbocycles. The van der Waals surface area contributed by atoms with Crippen molar-refractivity contribution in [1.82, 2.24) is 9.13 Å². The lowest BCUT2D eigenvalue weighted by Gasteiger charge is -2.26. The van der Waals surface area contributed by atoms with E-state index in [0.29, 0.717) is 31.9 Å². The topological polar surface area (TPSA) is 98.6 Å². The molecule has 4 aromatic rings. The number of carbonyl (C=O) groups is 1. The van der Waals surface area contributed by atoms with Crippen molar-refractivity contribution < 1.29 is 14.3 Å². The average molecular weight is 706 g/mol.